The first kappa shape index (κ1) is 11.4. The van der Waals surface area contributed by atoms with Crippen molar-refractivity contribution in [3.8, 4) is 0 Å². The molecule has 1 fully saturated rings. The maximum Gasteiger partial charge on any atom is 0.0716 e. The molecule has 1 heterocycles. The van der Waals surface area contributed by atoms with Gasteiger partial charge in [-0.25, -0.2) is 0 Å². The van der Waals surface area contributed by atoms with Crippen LogP contribution >= 0.6 is 0 Å². The molecule has 0 aromatic heterocycles. The van der Waals surface area contributed by atoms with Gasteiger partial charge in [0.05, 0.1) is 12.7 Å². The second kappa shape index (κ2) is 5.87. The highest BCUT2D eigenvalue weighted by Gasteiger charge is 2.12. The Labute approximate surface area is 97.2 Å². The van der Waals surface area contributed by atoms with Crippen molar-refractivity contribution in [2.45, 2.75) is 19.4 Å². The van der Waals surface area contributed by atoms with Crippen LogP contribution in [0.2, 0.25) is 0 Å². The Balaban J connectivity index is 1.71. The monoisotopic (exact) mass is 220 g/mol. The number of morpholine rings is 1. The van der Waals surface area contributed by atoms with Crippen molar-refractivity contribution >= 4 is 5.69 Å². The third-order valence-corrected chi connectivity index (χ3v) is 2.82. The third kappa shape index (κ3) is 3.51. The number of hydrogen-bond acceptors (Lipinski definition) is 3. The number of anilines is 1. The number of aryl methyl sites for hydroxylation is 1. The molecule has 0 saturated carbocycles. The summed E-state index contributed by atoms with van der Waals surface area (Å²) in [6.45, 7) is 5.89. The fourth-order valence-corrected chi connectivity index (χ4v) is 1.94. The molecule has 88 valence electrons. The van der Waals surface area contributed by atoms with Gasteiger partial charge in [0.15, 0.2) is 0 Å². The van der Waals surface area contributed by atoms with E-state index in [1.54, 1.807) is 0 Å². The standard InChI is InChI=1S/C13H20N2O/c1-11-3-2-4-12(9-11)15-6-5-13-10-14-7-8-16-13/h2-4,9,13-15H,5-8,10H2,1H3. The van der Waals surface area contributed by atoms with Gasteiger partial charge in [0, 0.05) is 25.3 Å². The molecule has 0 radical (unpaired) electrons. The molecular formula is C13H20N2O. The first-order valence-electron chi connectivity index (χ1n) is 5.97. The number of nitrogens with one attached hydrogen (secondary N) is 2. The van der Waals surface area contributed by atoms with E-state index in [0.717, 1.165) is 32.7 Å². The highest BCUT2D eigenvalue weighted by molar-refractivity contribution is 5.45. The molecule has 1 unspecified atom stereocenters. The SMILES string of the molecule is Cc1cccc(NCCC2CNCCO2)c1. The summed E-state index contributed by atoms with van der Waals surface area (Å²) in [6.07, 6.45) is 1.42. The van der Waals surface area contributed by atoms with E-state index in [-0.39, 0.29) is 0 Å². The maximum absolute atomic E-state index is 5.64. The van der Waals surface area contributed by atoms with Gasteiger partial charge in [-0.05, 0) is 31.0 Å². The highest BCUT2D eigenvalue weighted by atomic mass is 16.5. The van der Waals surface area contributed by atoms with Crippen LogP contribution in [0.3, 0.4) is 0 Å². The lowest BCUT2D eigenvalue weighted by Gasteiger charge is -2.23. The van der Waals surface area contributed by atoms with E-state index >= 15 is 0 Å². The Kier molecular flexibility index (Phi) is 4.19. The summed E-state index contributed by atoms with van der Waals surface area (Å²) in [4.78, 5) is 0. The fraction of sp³-hybridized carbons (Fsp3) is 0.538. The van der Waals surface area contributed by atoms with E-state index in [0.29, 0.717) is 6.10 Å². The Morgan fingerprint density at radius 3 is 3.19 bits per heavy atom. The molecule has 16 heavy (non-hydrogen) atoms. The molecule has 1 saturated heterocycles. The fourth-order valence-electron chi connectivity index (χ4n) is 1.94. The van der Waals surface area contributed by atoms with E-state index in [4.69, 9.17) is 4.74 Å². The molecule has 1 aliphatic rings. The quantitative estimate of drug-likeness (QED) is 0.811. The van der Waals surface area contributed by atoms with E-state index in [1.807, 2.05) is 0 Å². The van der Waals surface area contributed by atoms with Gasteiger partial charge in [-0.1, -0.05) is 12.1 Å². The van der Waals surface area contributed by atoms with Crippen LogP contribution in [0, 0.1) is 6.92 Å². The van der Waals surface area contributed by atoms with Crippen molar-refractivity contribution in [2.24, 2.45) is 0 Å². The molecule has 1 aromatic rings. The van der Waals surface area contributed by atoms with E-state index in [9.17, 15) is 0 Å². The van der Waals surface area contributed by atoms with Crippen LogP contribution in [-0.2, 0) is 4.74 Å². The van der Waals surface area contributed by atoms with Crippen LogP contribution < -0.4 is 10.6 Å². The molecule has 1 aromatic carbocycles. The minimum Gasteiger partial charge on any atom is -0.385 e. The molecule has 0 spiro atoms. The molecular weight excluding hydrogens is 200 g/mol. The molecule has 2 N–H and O–H groups in total. The van der Waals surface area contributed by atoms with Crippen LogP contribution in [-0.4, -0.2) is 32.3 Å². The van der Waals surface area contributed by atoms with Gasteiger partial charge >= 0.3 is 0 Å². The number of rotatable bonds is 4. The maximum atomic E-state index is 5.64. The zero-order valence-corrected chi connectivity index (χ0v) is 9.83. The molecule has 2 rings (SSSR count). The Hall–Kier alpha value is -1.06. The highest BCUT2D eigenvalue weighted by Crippen LogP contribution is 2.10. The summed E-state index contributed by atoms with van der Waals surface area (Å²) in [5.41, 5.74) is 2.49. The third-order valence-electron chi connectivity index (χ3n) is 2.82. The second-order valence-electron chi connectivity index (χ2n) is 4.28. The Morgan fingerprint density at radius 2 is 2.44 bits per heavy atom. The zero-order valence-electron chi connectivity index (χ0n) is 9.83. The lowest BCUT2D eigenvalue weighted by molar-refractivity contribution is 0.0258. The molecule has 0 bridgehead atoms. The van der Waals surface area contributed by atoms with E-state index in [2.05, 4.69) is 41.8 Å². The summed E-state index contributed by atoms with van der Waals surface area (Å²) >= 11 is 0. The van der Waals surface area contributed by atoms with Gasteiger partial charge in [0.25, 0.3) is 0 Å². The van der Waals surface area contributed by atoms with Crippen LogP contribution in [0.4, 0.5) is 5.69 Å². The number of benzene rings is 1. The predicted octanol–water partition coefficient (Wildman–Crippen LogP) is 1.79. The summed E-state index contributed by atoms with van der Waals surface area (Å²) in [7, 11) is 0. The van der Waals surface area contributed by atoms with Crippen molar-refractivity contribution in [1.29, 1.82) is 0 Å². The summed E-state index contributed by atoms with van der Waals surface area (Å²) in [6, 6.07) is 8.46. The minimum atomic E-state index is 0.367. The molecule has 1 atom stereocenters. The van der Waals surface area contributed by atoms with Crippen molar-refractivity contribution in [3.05, 3.63) is 29.8 Å². The van der Waals surface area contributed by atoms with Crippen LogP contribution in [0.15, 0.2) is 24.3 Å². The summed E-state index contributed by atoms with van der Waals surface area (Å²) in [5.74, 6) is 0. The molecule has 0 amide bonds. The normalized spacial score (nSPS) is 20.7. The first-order valence-corrected chi connectivity index (χ1v) is 5.97. The lowest BCUT2D eigenvalue weighted by Crippen LogP contribution is -2.39. The first-order chi connectivity index (χ1) is 7.84. The summed E-state index contributed by atoms with van der Waals surface area (Å²) in [5, 5.41) is 6.76. The van der Waals surface area contributed by atoms with Gasteiger partial charge < -0.3 is 15.4 Å². The predicted molar refractivity (Wildman–Crippen MR) is 66.9 cm³/mol. The number of ether oxygens (including phenoxy) is 1. The van der Waals surface area contributed by atoms with Crippen molar-refractivity contribution in [1.82, 2.24) is 5.32 Å². The average molecular weight is 220 g/mol. The lowest BCUT2D eigenvalue weighted by atomic mass is 10.2. The minimum absolute atomic E-state index is 0.367. The van der Waals surface area contributed by atoms with Crippen LogP contribution in [0.25, 0.3) is 0 Å². The van der Waals surface area contributed by atoms with Crippen molar-refractivity contribution in [2.75, 3.05) is 31.6 Å². The molecule has 3 nitrogen and oxygen atoms in total. The topological polar surface area (TPSA) is 33.3 Å². The van der Waals surface area contributed by atoms with Gasteiger partial charge in [-0.15, -0.1) is 0 Å². The zero-order chi connectivity index (χ0) is 11.2. The molecule has 3 heteroatoms. The summed E-state index contributed by atoms with van der Waals surface area (Å²) < 4.78 is 5.64. The van der Waals surface area contributed by atoms with Crippen LogP contribution in [0.5, 0.6) is 0 Å². The van der Waals surface area contributed by atoms with Gasteiger partial charge in [-0.2, -0.15) is 0 Å². The van der Waals surface area contributed by atoms with Crippen molar-refractivity contribution in [3.63, 3.8) is 0 Å². The van der Waals surface area contributed by atoms with Gasteiger partial charge in [0.1, 0.15) is 0 Å². The Morgan fingerprint density at radius 1 is 1.50 bits per heavy atom. The van der Waals surface area contributed by atoms with Crippen LogP contribution in [0.1, 0.15) is 12.0 Å². The van der Waals surface area contributed by atoms with Gasteiger partial charge in [0.2, 0.25) is 0 Å². The van der Waals surface area contributed by atoms with E-state index < -0.39 is 0 Å². The second-order valence-corrected chi connectivity index (χ2v) is 4.28. The smallest absolute Gasteiger partial charge is 0.0716 e. The van der Waals surface area contributed by atoms with E-state index in [1.165, 1.54) is 11.3 Å². The molecule has 1 aliphatic heterocycles. The van der Waals surface area contributed by atoms with Gasteiger partial charge in [-0.3, -0.25) is 0 Å². The molecule has 0 aliphatic carbocycles. The average Bonchev–Trinajstić information content (AvgIpc) is 2.30. The Bertz CT molecular complexity index is 321. The largest absolute Gasteiger partial charge is 0.385 e. The number of hydrogen-bond donors (Lipinski definition) is 2. The van der Waals surface area contributed by atoms with Crippen molar-refractivity contribution < 1.29 is 4.74 Å².